The zero-order valence-electron chi connectivity index (χ0n) is 17.0. The number of carbonyl (C=O) groups excluding carboxylic acids is 1. The molecule has 1 aromatic rings. The van der Waals surface area contributed by atoms with E-state index in [1.807, 2.05) is 0 Å². The summed E-state index contributed by atoms with van der Waals surface area (Å²) < 4.78 is 10.6. The molecular formula is C21H32IN3O3. The second-order valence-electron chi connectivity index (χ2n) is 7.67. The average molecular weight is 501 g/mol. The molecular weight excluding hydrogens is 469 g/mol. The minimum absolute atomic E-state index is 0. The summed E-state index contributed by atoms with van der Waals surface area (Å²) in [6.45, 7) is 5.91. The molecule has 0 spiro atoms. The number of aliphatic imine (C=N–C) groups is 1. The number of guanidine groups is 1. The van der Waals surface area contributed by atoms with Gasteiger partial charge in [-0.2, -0.15) is 0 Å². The lowest BCUT2D eigenvalue weighted by Gasteiger charge is -2.39. The highest BCUT2D eigenvalue weighted by Crippen LogP contribution is 2.34. The predicted octanol–water partition coefficient (Wildman–Crippen LogP) is 2.67. The van der Waals surface area contributed by atoms with Gasteiger partial charge >= 0.3 is 5.97 Å². The van der Waals surface area contributed by atoms with Gasteiger partial charge in [0.2, 0.25) is 0 Å². The summed E-state index contributed by atoms with van der Waals surface area (Å²) in [5.74, 6) is 0.877. The van der Waals surface area contributed by atoms with Crippen molar-refractivity contribution in [2.75, 3.05) is 47.0 Å². The molecule has 28 heavy (non-hydrogen) atoms. The summed E-state index contributed by atoms with van der Waals surface area (Å²) >= 11 is 0. The molecule has 2 fully saturated rings. The Morgan fingerprint density at radius 2 is 1.96 bits per heavy atom. The standard InChI is InChI=1S/C21H31N3O3.HI/c1-16-13-24(14-18(16)19(25)26-3)20(22-2)23-15-21(9-11-27-12-10-21)17-7-5-4-6-8-17;/h4-8,16,18H,9-15H2,1-3H3,(H,22,23);1H. The fourth-order valence-corrected chi connectivity index (χ4v) is 4.30. The number of nitrogens with zero attached hydrogens (tertiary/aromatic N) is 2. The number of hydrogen-bond acceptors (Lipinski definition) is 4. The number of methoxy groups -OCH3 is 1. The normalized spacial score (nSPS) is 24.4. The lowest BCUT2D eigenvalue weighted by atomic mass is 9.74. The second kappa shape index (κ2) is 10.4. The van der Waals surface area contributed by atoms with Crippen LogP contribution in [0.2, 0.25) is 0 Å². The monoisotopic (exact) mass is 501 g/mol. The van der Waals surface area contributed by atoms with Gasteiger partial charge in [0, 0.05) is 45.3 Å². The molecule has 1 N–H and O–H groups in total. The average Bonchev–Trinajstić information content (AvgIpc) is 3.10. The number of rotatable bonds is 4. The summed E-state index contributed by atoms with van der Waals surface area (Å²) in [7, 11) is 3.26. The Kier molecular flexibility index (Phi) is 8.55. The molecule has 7 heteroatoms. The lowest BCUT2D eigenvalue weighted by Crippen LogP contribution is -2.49. The Balaban J connectivity index is 0.00000280. The fourth-order valence-electron chi connectivity index (χ4n) is 4.30. The molecule has 2 heterocycles. The molecule has 2 saturated heterocycles. The number of benzene rings is 1. The quantitative estimate of drug-likeness (QED) is 0.298. The lowest BCUT2D eigenvalue weighted by molar-refractivity contribution is -0.145. The zero-order valence-corrected chi connectivity index (χ0v) is 19.3. The van der Waals surface area contributed by atoms with Gasteiger partial charge in [0.25, 0.3) is 0 Å². The van der Waals surface area contributed by atoms with Crippen LogP contribution in [-0.4, -0.2) is 63.8 Å². The van der Waals surface area contributed by atoms with Crippen LogP contribution >= 0.6 is 24.0 Å². The van der Waals surface area contributed by atoms with E-state index < -0.39 is 0 Å². The van der Waals surface area contributed by atoms with Crippen LogP contribution in [0, 0.1) is 11.8 Å². The summed E-state index contributed by atoms with van der Waals surface area (Å²) in [6.07, 6.45) is 1.98. The van der Waals surface area contributed by atoms with Crippen LogP contribution in [0.5, 0.6) is 0 Å². The van der Waals surface area contributed by atoms with Crippen molar-refractivity contribution in [2.45, 2.75) is 25.2 Å². The molecule has 0 saturated carbocycles. The Bertz CT molecular complexity index is 662. The van der Waals surface area contributed by atoms with Crippen LogP contribution in [0.25, 0.3) is 0 Å². The smallest absolute Gasteiger partial charge is 0.310 e. The third-order valence-electron chi connectivity index (χ3n) is 6.05. The third kappa shape index (κ3) is 4.97. The SMILES string of the molecule is CN=C(NCC1(c2ccccc2)CCOCC1)N1CC(C)C(C(=O)OC)C1.I. The molecule has 0 bridgehead atoms. The Morgan fingerprint density at radius 1 is 1.29 bits per heavy atom. The maximum absolute atomic E-state index is 12.0. The molecule has 0 aliphatic carbocycles. The van der Waals surface area contributed by atoms with E-state index in [-0.39, 0.29) is 47.2 Å². The van der Waals surface area contributed by atoms with Gasteiger partial charge in [-0.15, -0.1) is 24.0 Å². The van der Waals surface area contributed by atoms with Crippen LogP contribution in [-0.2, 0) is 19.7 Å². The fraction of sp³-hybridized carbons (Fsp3) is 0.619. The Hall–Kier alpha value is -1.35. The van der Waals surface area contributed by atoms with Gasteiger partial charge in [0.1, 0.15) is 0 Å². The number of esters is 1. The first-order chi connectivity index (χ1) is 13.1. The van der Waals surface area contributed by atoms with Crippen molar-refractivity contribution >= 4 is 35.9 Å². The first-order valence-electron chi connectivity index (χ1n) is 9.76. The van der Waals surface area contributed by atoms with Gasteiger partial charge in [-0.3, -0.25) is 9.79 Å². The van der Waals surface area contributed by atoms with Crippen LogP contribution in [0.15, 0.2) is 35.3 Å². The van der Waals surface area contributed by atoms with Crippen molar-refractivity contribution in [1.29, 1.82) is 0 Å². The number of likely N-dealkylation sites (tertiary alicyclic amines) is 1. The van der Waals surface area contributed by atoms with E-state index in [1.165, 1.54) is 12.7 Å². The maximum Gasteiger partial charge on any atom is 0.310 e. The van der Waals surface area contributed by atoms with Crippen molar-refractivity contribution in [2.24, 2.45) is 16.8 Å². The highest BCUT2D eigenvalue weighted by molar-refractivity contribution is 14.0. The van der Waals surface area contributed by atoms with E-state index in [2.05, 4.69) is 52.5 Å². The minimum atomic E-state index is -0.134. The number of carbonyl (C=O) groups is 1. The van der Waals surface area contributed by atoms with Crippen LogP contribution in [0.1, 0.15) is 25.3 Å². The highest BCUT2D eigenvalue weighted by atomic mass is 127. The molecule has 2 atom stereocenters. The van der Waals surface area contributed by atoms with E-state index in [9.17, 15) is 4.79 Å². The van der Waals surface area contributed by atoms with E-state index >= 15 is 0 Å². The minimum Gasteiger partial charge on any atom is -0.469 e. The molecule has 2 aliphatic heterocycles. The maximum atomic E-state index is 12.0. The Morgan fingerprint density at radius 3 is 2.57 bits per heavy atom. The van der Waals surface area contributed by atoms with Crippen molar-refractivity contribution in [3.63, 3.8) is 0 Å². The van der Waals surface area contributed by atoms with E-state index in [0.717, 1.165) is 45.1 Å². The van der Waals surface area contributed by atoms with Gasteiger partial charge in [-0.25, -0.2) is 0 Å². The van der Waals surface area contributed by atoms with Gasteiger partial charge in [0.05, 0.1) is 13.0 Å². The number of halogens is 1. The molecule has 0 radical (unpaired) electrons. The topological polar surface area (TPSA) is 63.2 Å². The molecule has 1 aromatic carbocycles. The molecule has 3 rings (SSSR count). The third-order valence-corrected chi connectivity index (χ3v) is 6.05. The van der Waals surface area contributed by atoms with E-state index in [4.69, 9.17) is 9.47 Å². The van der Waals surface area contributed by atoms with Gasteiger partial charge in [0.15, 0.2) is 5.96 Å². The molecule has 2 aliphatic rings. The van der Waals surface area contributed by atoms with Gasteiger partial charge < -0.3 is 19.7 Å². The predicted molar refractivity (Wildman–Crippen MR) is 121 cm³/mol. The van der Waals surface area contributed by atoms with E-state index in [1.54, 1.807) is 7.05 Å². The zero-order chi connectivity index (χ0) is 19.3. The first-order valence-corrected chi connectivity index (χ1v) is 9.76. The molecule has 6 nitrogen and oxygen atoms in total. The second-order valence-corrected chi connectivity index (χ2v) is 7.67. The molecule has 0 amide bonds. The summed E-state index contributed by atoms with van der Waals surface area (Å²) in [5, 5.41) is 3.59. The largest absolute Gasteiger partial charge is 0.469 e. The van der Waals surface area contributed by atoms with Gasteiger partial charge in [-0.1, -0.05) is 37.3 Å². The first kappa shape index (κ1) is 22.9. The van der Waals surface area contributed by atoms with Crippen molar-refractivity contribution in [3.05, 3.63) is 35.9 Å². The molecule has 2 unspecified atom stereocenters. The van der Waals surface area contributed by atoms with Crippen LogP contribution in [0.4, 0.5) is 0 Å². The number of hydrogen-bond donors (Lipinski definition) is 1. The number of nitrogens with one attached hydrogen (secondary N) is 1. The van der Waals surface area contributed by atoms with E-state index in [0.29, 0.717) is 6.54 Å². The van der Waals surface area contributed by atoms with Crippen molar-refractivity contribution < 1.29 is 14.3 Å². The van der Waals surface area contributed by atoms with Gasteiger partial charge in [-0.05, 0) is 24.3 Å². The van der Waals surface area contributed by atoms with Crippen LogP contribution in [0.3, 0.4) is 0 Å². The summed E-state index contributed by atoms with van der Waals surface area (Å²) in [5.41, 5.74) is 1.39. The molecule has 0 aromatic heterocycles. The van der Waals surface area contributed by atoms with Crippen molar-refractivity contribution in [1.82, 2.24) is 10.2 Å². The summed E-state index contributed by atoms with van der Waals surface area (Å²) in [4.78, 5) is 18.7. The highest BCUT2D eigenvalue weighted by Gasteiger charge is 2.38. The Labute approximate surface area is 185 Å². The van der Waals surface area contributed by atoms with Crippen molar-refractivity contribution in [3.8, 4) is 0 Å². The number of ether oxygens (including phenoxy) is 2. The van der Waals surface area contributed by atoms with Crippen LogP contribution < -0.4 is 5.32 Å². The summed E-state index contributed by atoms with van der Waals surface area (Å²) in [6, 6.07) is 10.7. The molecule has 156 valence electrons.